The number of hydrogen-bond donors (Lipinski definition) is 1. The Kier molecular flexibility index (Phi) is 8.83. The van der Waals surface area contributed by atoms with Crippen LogP contribution in [0.2, 0.25) is 0 Å². The molecule has 1 aromatic heterocycles. The first-order valence-electron chi connectivity index (χ1n) is 14.5. The first-order chi connectivity index (χ1) is 20.8. The molecule has 13 heteroatoms. The zero-order valence-electron chi connectivity index (χ0n) is 25.8. The summed E-state index contributed by atoms with van der Waals surface area (Å²) in [5.41, 5.74) is 1.34. The summed E-state index contributed by atoms with van der Waals surface area (Å²) >= 11 is 0. The molecule has 44 heavy (non-hydrogen) atoms. The first-order valence-corrected chi connectivity index (χ1v) is 15.9. The summed E-state index contributed by atoms with van der Waals surface area (Å²) in [4.78, 5) is 13.9. The van der Waals surface area contributed by atoms with Crippen LogP contribution < -0.4 is 14.2 Å². The third kappa shape index (κ3) is 6.49. The van der Waals surface area contributed by atoms with Gasteiger partial charge in [-0.05, 0) is 69.9 Å². The fourth-order valence-corrected chi connectivity index (χ4v) is 7.35. The van der Waals surface area contributed by atoms with Gasteiger partial charge in [-0.25, -0.2) is 13.2 Å². The van der Waals surface area contributed by atoms with Crippen molar-refractivity contribution in [2.24, 2.45) is 5.92 Å². The van der Waals surface area contributed by atoms with E-state index in [1.165, 1.54) is 21.3 Å². The number of fused-ring (bicyclic) bond motifs is 1. The van der Waals surface area contributed by atoms with E-state index in [-0.39, 0.29) is 30.7 Å². The summed E-state index contributed by atoms with van der Waals surface area (Å²) in [6, 6.07) is 11.3. The van der Waals surface area contributed by atoms with Gasteiger partial charge in [0.15, 0.2) is 11.5 Å². The molecule has 2 atom stereocenters. The predicted octanol–water partition coefficient (Wildman–Crippen LogP) is 4.97. The first kappa shape index (κ1) is 31.6. The van der Waals surface area contributed by atoms with Crippen LogP contribution in [0.3, 0.4) is 0 Å². The minimum atomic E-state index is -3.99. The zero-order chi connectivity index (χ0) is 31.8. The quantitative estimate of drug-likeness (QED) is 0.309. The van der Waals surface area contributed by atoms with Gasteiger partial charge >= 0.3 is 6.09 Å². The van der Waals surface area contributed by atoms with Crippen molar-refractivity contribution in [3.05, 3.63) is 65.0 Å². The highest BCUT2D eigenvalue weighted by molar-refractivity contribution is 7.89. The standard InChI is InChI=1S/C31H39N3O9S/c1-19(2)15-33(44(37,38)24-11-12-27-28(14-24)41-18-40-27)16-29-26(34(30(35)36)31(5,6)42-29)13-22-7-9-23(10-8-22)39-17-25-20(3)32-43-21(25)4/h7-12,14,19,26,29H,13,15-18H2,1-6H3,(H,35,36)/t26-,29+/m0/s1. The van der Waals surface area contributed by atoms with Crippen LogP contribution in [-0.2, 0) is 27.8 Å². The van der Waals surface area contributed by atoms with Gasteiger partial charge in [-0.2, -0.15) is 4.31 Å². The number of rotatable bonds is 11. The van der Waals surface area contributed by atoms with Crippen LogP contribution in [-0.4, -0.2) is 71.7 Å². The Morgan fingerprint density at radius 2 is 1.84 bits per heavy atom. The van der Waals surface area contributed by atoms with Gasteiger partial charge in [0.05, 0.1) is 28.3 Å². The Morgan fingerprint density at radius 1 is 1.14 bits per heavy atom. The highest BCUT2D eigenvalue weighted by atomic mass is 32.2. The molecule has 0 radical (unpaired) electrons. The fraction of sp³-hybridized carbons (Fsp3) is 0.484. The van der Waals surface area contributed by atoms with Gasteiger partial charge in [0.25, 0.3) is 0 Å². The van der Waals surface area contributed by atoms with Crippen LogP contribution in [0.5, 0.6) is 17.2 Å². The summed E-state index contributed by atoms with van der Waals surface area (Å²) in [6.07, 6.45) is -1.57. The number of hydrogen-bond acceptors (Lipinski definition) is 9. The highest BCUT2D eigenvalue weighted by Crippen LogP contribution is 2.37. The van der Waals surface area contributed by atoms with Gasteiger partial charge in [-0.3, -0.25) is 4.90 Å². The molecule has 0 saturated carbocycles. The van der Waals surface area contributed by atoms with Crippen molar-refractivity contribution in [2.75, 3.05) is 19.9 Å². The van der Waals surface area contributed by atoms with Crippen molar-refractivity contribution in [1.29, 1.82) is 0 Å². The molecule has 1 saturated heterocycles. The largest absolute Gasteiger partial charge is 0.489 e. The molecule has 2 aliphatic heterocycles. The van der Waals surface area contributed by atoms with Gasteiger partial charge in [-0.15, -0.1) is 0 Å². The maximum atomic E-state index is 13.9. The number of carboxylic acid groups (broad SMARTS) is 1. The van der Waals surface area contributed by atoms with Crippen molar-refractivity contribution in [2.45, 2.75) is 77.3 Å². The van der Waals surface area contributed by atoms with Gasteiger partial charge in [0, 0.05) is 19.2 Å². The van der Waals surface area contributed by atoms with Crippen LogP contribution in [0.1, 0.15) is 50.3 Å². The minimum Gasteiger partial charge on any atom is -0.489 e. The van der Waals surface area contributed by atoms with E-state index < -0.39 is 34.0 Å². The Balaban J connectivity index is 1.38. The molecule has 1 fully saturated rings. The lowest BCUT2D eigenvalue weighted by atomic mass is 10.00. The van der Waals surface area contributed by atoms with E-state index in [9.17, 15) is 18.3 Å². The summed E-state index contributed by atoms with van der Waals surface area (Å²) in [5.74, 6) is 2.19. The maximum Gasteiger partial charge on any atom is 0.409 e. The molecule has 2 aromatic carbocycles. The fourth-order valence-electron chi connectivity index (χ4n) is 5.72. The third-order valence-electron chi connectivity index (χ3n) is 7.85. The summed E-state index contributed by atoms with van der Waals surface area (Å²) in [7, 11) is -3.99. The molecule has 238 valence electrons. The minimum absolute atomic E-state index is 0.000162. The summed E-state index contributed by atoms with van der Waals surface area (Å²) in [5, 5.41) is 14.2. The molecule has 0 spiro atoms. The monoisotopic (exact) mass is 629 g/mol. The van der Waals surface area contributed by atoms with Crippen molar-refractivity contribution >= 4 is 16.1 Å². The second-order valence-electron chi connectivity index (χ2n) is 12.0. The van der Waals surface area contributed by atoms with Gasteiger partial charge in [0.2, 0.25) is 16.8 Å². The Bertz CT molecular complexity index is 1580. The lowest BCUT2D eigenvalue weighted by Gasteiger charge is -2.31. The SMILES string of the molecule is Cc1noc(C)c1COc1ccc(C[C@H]2[C@@H](CN(CC(C)C)S(=O)(=O)c3ccc4c(c3)OCO4)OC(C)(C)N2C(=O)O)cc1. The molecule has 12 nitrogen and oxygen atoms in total. The molecule has 3 heterocycles. The van der Waals surface area contributed by atoms with E-state index in [4.69, 9.17) is 23.5 Å². The topological polar surface area (TPSA) is 141 Å². The van der Waals surface area contributed by atoms with Crippen LogP contribution in [0.15, 0.2) is 51.9 Å². The average molecular weight is 630 g/mol. The molecular weight excluding hydrogens is 590 g/mol. The molecule has 0 bridgehead atoms. The number of amides is 1. The maximum absolute atomic E-state index is 13.9. The lowest BCUT2D eigenvalue weighted by Crippen LogP contribution is -2.50. The van der Waals surface area contributed by atoms with Crippen molar-refractivity contribution in [3.63, 3.8) is 0 Å². The van der Waals surface area contributed by atoms with Gasteiger partial charge in [0.1, 0.15) is 23.8 Å². The lowest BCUT2D eigenvalue weighted by molar-refractivity contribution is -0.0690. The molecule has 0 unspecified atom stereocenters. The summed E-state index contributed by atoms with van der Waals surface area (Å²) in [6.45, 7) is 11.4. The van der Waals surface area contributed by atoms with Crippen molar-refractivity contribution < 1.29 is 41.8 Å². The molecule has 0 aliphatic carbocycles. The average Bonchev–Trinajstić information content (AvgIpc) is 3.62. The number of aromatic nitrogens is 1. The second-order valence-corrected chi connectivity index (χ2v) is 13.9. The summed E-state index contributed by atoms with van der Waals surface area (Å²) < 4.78 is 57.5. The molecule has 1 N–H and O–H groups in total. The van der Waals surface area contributed by atoms with E-state index in [1.807, 2.05) is 52.0 Å². The normalized spacial score (nSPS) is 19.2. The van der Waals surface area contributed by atoms with E-state index in [0.29, 0.717) is 36.0 Å². The van der Waals surface area contributed by atoms with Crippen LogP contribution in [0.25, 0.3) is 0 Å². The number of sulfonamides is 1. The van der Waals surface area contributed by atoms with Crippen molar-refractivity contribution in [1.82, 2.24) is 14.4 Å². The number of aryl methyl sites for hydroxylation is 2. The number of benzene rings is 2. The Labute approximate surface area is 257 Å². The number of ether oxygens (including phenoxy) is 4. The van der Waals surface area contributed by atoms with Gasteiger partial charge < -0.3 is 28.6 Å². The smallest absolute Gasteiger partial charge is 0.409 e. The van der Waals surface area contributed by atoms with Crippen LogP contribution in [0, 0.1) is 19.8 Å². The van der Waals surface area contributed by atoms with Gasteiger partial charge in [-0.1, -0.05) is 31.1 Å². The third-order valence-corrected chi connectivity index (χ3v) is 9.68. The van der Waals surface area contributed by atoms with E-state index in [1.54, 1.807) is 19.9 Å². The Hall–Kier alpha value is -3.81. The van der Waals surface area contributed by atoms with E-state index in [0.717, 1.165) is 16.8 Å². The number of nitrogens with zero attached hydrogens (tertiary/aromatic N) is 3. The van der Waals surface area contributed by atoms with E-state index in [2.05, 4.69) is 5.16 Å². The molecule has 2 aliphatic rings. The zero-order valence-corrected chi connectivity index (χ0v) is 26.6. The van der Waals surface area contributed by atoms with E-state index >= 15 is 0 Å². The Morgan fingerprint density at radius 3 is 2.48 bits per heavy atom. The molecular formula is C31H39N3O9S. The van der Waals surface area contributed by atoms with Crippen molar-refractivity contribution in [3.8, 4) is 17.2 Å². The van der Waals surface area contributed by atoms with Crippen LogP contribution in [0.4, 0.5) is 4.79 Å². The second kappa shape index (κ2) is 12.3. The molecule has 5 rings (SSSR count). The molecule has 3 aromatic rings. The molecule has 1 amide bonds. The highest BCUT2D eigenvalue weighted by Gasteiger charge is 2.51. The predicted molar refractivity (Wildman–Crippen MR) is 159 cm³/mol. The van der Waals surface area contributed by atoms with Crippen LogP contribution >= 0.6 is 0 Å². The number of carbonyl (C=O) groups is 1.